The van der Waals surface area contributed by atoms with E-state index in [1.54, 1.807) is 0 Å². The number of carboxylic acid groups (broad SMARTS) is 1. The van der Waals surface area contributed by atoms with Crippen LogP contribution in [0.5, 0.6) is 0 Å². The Morgan fingerprint density at radius 1 is 1.33 bits per heavy atom. The molecular formula is C19H27ClF2N2O3. The Hall–Kier alpha value is -1.28. The van der Waals surface area contributed by atoms with Crippen molar-refractivity contribution < 1.29 is 23.8 Å². The molecule has 0 amide bonds. The van der Waals surface area contributed by atoms with Crippen LogP contribution in [0.25, 0.3) is 0 Å². The highest BCUT2D eigenvalue weighted by atomic mass is 35.5. The Kier molecular flexibility index (Phi) is 7.97. The molecule has 0 bridgehead atoms. The number of hydrogen-bond acceptors (Lipinski definition) is 4. The van der Waals surface area contributed by atoms with Crippen molar-refractivity contribution in [3.63, 3.8) is 0 Å². The fraction of sp³-hybridized carbons (Fsp3) is 0.632. The molecule has 1 aromatic carbocycles. The molecule has 3 N–H and O–H groups in total. The van der Waals surface area contributed by atoms with Crippen LogP contribution in [0.15, 0.2) is 24.3 Å². The van der Waals surface area contributed by atoms with E-state index in [-0.39, 0.29) is 0 Å². The molecule has 0 aliphatic carbocycles. The molecule has 2 fully saturated rings. The Balaban J connectivity index is 0.000000380. The molecule has 152 valence electrons. The lowest BCUT2D eigenvalue weighted by Gasteiger charge is -2.36. The molecule has 0 aromatic heterocycles. The summed E-state index contributed by atoms with van der Waals surface area (Å²) in [6, 6.07) is 9.17. The minimum atomic E-state index is -3.23. The molecule has 3 rings (SSSR count). The second kappa shape index (κ2) is 9.78. The monoisotopic (exact) mass is 404 g/mol. The van der Waals surface area contributed by atoms with Crippen LogP contribution in [0, 0.1) is 0 Å². The fourth-order valence-corrected chi connectivity index (χ4v) is 3.99. The molecule has 2 atom stereocenters. The predicted octanol–water partition coefficient (Wildman–Crippen LogP) is 2.80. The number of piperidine rings is 1. The Bertz CT molecular complexity index is 607. The first-order chi connectivity index (χ1) is 12.7. The molecule has 0 saturated carbocycles. The van der Waals surface area contributed by atoms with Gasteiger partial charge in [-0.15, -0.1) is 0 Å². The van der Waals surface area contributed by atoms with Gasteiger partial charge in [0.2, 0.25) is 0 Å². The van der Waals surface area contributed by atoms with Crippen LogP contribution >= 0.6 is 11.6 Å². The third-order valence-corrected chi connectivity index (χ3v) is 5.27. The van der Waals surface area contributed by atoms with Gasteiger partial charge in [-0.25, -0.2) is 4.79 Å². The molecule has 2 saturated heterocycles. The number of aliphatic hydroxyl groups is 1. The average molecular weight is 405 g/mol. The van der Waals surface area contributed by atoms with Crippen LogP contribution in [0.2, 0.25) is 5.02 Å². The number of aliphatic carboxylic acids is 1. The van der Waals surface area contributed by atoms with Gasteiger partial charge in [-0.05, 0) is 63.4 Å². The van der Waals surface area contributed by atoms with E-state index in [9.17, 15) is 13.9 Å². The van der Waals surface area contributed by atoms with Crippen molar-refractivity contribution in [2.45, 2.75) is 56.7 Å². The Labute approximate surface area is 163 Å². The topological polar surface area (TPSA) is 72.8 Å². The highest BCUT2D eigenvalue weighted by molar-refractivity contribution is 6.30. The molecular weight excluding hydrogens is 378 g/mol. The number of likely N-dealkylation sites (tertiary alicyclic amines) is 1. The first-order valence-electron chi connectivity index (χ1n) is 9.12. The lowest BCUT2D eigenvalue weighted by molar-refractivity contribution is -0.149. The summed E-state index contributed by atoms with van der Waals surface area (Å²) in [7, 11) is 0. The van der Waals surface area contributed by atoms with Crippen molar-refractivity contribution in [3.05, 3.63) is 34.9 Å². The Morgan fingerprint density at radius 2 is 1.89 bits per heavy atom. The highest BCUT2D eigenvalue weighted by Gasteiger charge is 2.42. The van der Waals surface area contributed by atoms with Gasteiger partial charge in [-0.3, -0.25) is 4.90 Å². The van der Waals surface area contributed by atoms with E-state index in [1.165, 1.54) is 18.4 Å². The van der Waals surface area contributed by atoms with Crippen LogP contribution < -0.4 is 5.32 Å². The molecule has 8 heteroatoms. The number of nitrogens with zero attached hydrogens (tertiary/aromatic N) is 1. The second-order valence-electron chi connectivity index (χ2n) is 7.48. The van der Waals surface area contributed by atoms with Crippen molar-refractivity contribution in [2.75, 3.05) is 19.6 Å². The molecule has 2 heterocycles. The maximum absolute atomic E-state index is 10.6. The van der Waals surface area contributed by atoms with Crippen molar-refractivity contribution in [1.82, 2.24) is 10.2 Å². The SMILES string of the molecule is CC1(O)C[C@H](Cc2ccc(Cl)cc2)N(C2CCNCC2)C1.O=C(O)C(F)F. The molecule has 2 aliphatic heterocycles. The molecule has 0 radical (unpaired) electrons. The normalized spacial score (nSPS) is 26.7. The number of nitrogens with one attached hydrogen (secondary N) is 1. The molecule has 27 heavy (non-hydrogen) atoms. The van der Waals surface area contributed by atoms with Crippen LogP contribution in [0.3, 0.4) is 0 Å². The zero-order valence-electron chi connectivity index (χ0n) is 15.4. The summed E-state index contributed by atoms with van der Waals surface area (Å²) in [5, 5.41) is 22.0. The largest absolute Gasteiger partial charge is 0.477 e. The molecule has 5 nitrogen and oxygen atoms in total. The minimum absolute atomic E-state index is 0.435. The van der Waals surface area contributed by atoms with E-state index in [4.69, 9.17) is 21.5 Å². The molecule has 0 spiro atoms. The number of carbonyl (C=O) groups is 1. The van der Waals surface area contributed by atoms with Gasteiger partial charge in [0.05, 0.1) is 5.60 Å². The summed E-state index contributed by atoms with van der Waals surface area (Å²) in [4.78, 5) is 11.5. The maximum Gasteiger partial charge on any atom is 0.371 e. The van der Waals surface area contributed by atoms with Crippen LogP contribution in [-0.2, 0) is 11.2 Å². The van der Waals surface area contributed by atoms with Crippen LogP contribution in [0.4, 0.5) is 8.78 Å². The first kappa shape index (κ1) is 22.0. The Morgan fingerprint density at radius 3 is 2.41 bits per heavy atom. The summed E-state index contributed by atoms with van der Waals surface area (Å²) in [6.07, 6.45) is 1.00. The standard InChI is InChI=1S/C17H25ClN2O.C2H2F2O2/c1-17(21)11-16(10-13-2-4-14(18)5-3-13)20(12-17)15-6-8-19-9-7-15;3-1(4)2(5)6/h2-5,15-16,19,21H,6-12H2,1H3;1H,(H,5,6)/t16-,17?;/m0./s1. The average Bonchev–Trinajstić information content (AvgIpc) is 2.92. The van der Waals surface area contributed by atoms with E-state index in [0.29, 0.717) is 12.1 Å². The van der Waals surface area contributed by atoms with E-state index < -0.39 is 18.0 Å². The number of hydrogen-bond donors (Lipinski definition) is 3. The van der Waals surface area contributed by atoms with E-state index in [0.717, 1.165) is 37.5 Å². The van der Waals surface area contributed by atoms with Crippen LogP contribution in [0.1, 0.15) is 31.7 Å². The van der Waals surface area contributed by atoms with Crippen molar-refractivity contribution in [3.8, 4) is 0 Å². The quantitative estimate of drug-likeness (QED) is 0.719. The molecule has 1 unspecified atom stereocenters. The van der Waals surface area contributed by atoms with Crippen LogP contribution in [-0.4, -0.2) is 64.8 Å². The molecule has 1 aromatic rings. The summed E-state index contributed by atoms with van der Waals surface area (Å²) >= 11 is 5.97. The number of β-amino-alcohol motifs (C(OH)–C–C–N with tert-alkyl or cyclic N) is 1. The van der Waals surface area contributed by atoms with Crippen molar-refractivity contribution in [2.24, 2.45) is 0 Å². The van der Waals surface area contributed by atoms with Gasteiger partial charge in [0, 0.05) is 23.7 Å². The maximum atomic E-state index is 10.6. The zero-order valence-corrected chi connectivity index (χ0v) is 16.1. The van der Waals surface area contributed by atoms with E-state index >= 15 is 0 Å². The number of rotatable bonds is 4. The third-order valence-electron chi connectivity index (χ3n) is 5.02. The first-order valence-corrected chi connectivity index (χ1v) is 9.50. The van der Waals surface area contributed by atoms with Gasteiger partial charge >= 0.3 is 12.4 Å². The lowest BCUT2D eigenvalue weighted by Crippen LogP contribution is -2.46. The minimum Gasteiger partial charge on any atom is -0.477 e. The summed E-state index contributed by atoms with van der Waals surface area (Å²) in [5.74, 6) is -2.07. The van der Waals surface area contributed by atoms with E-state index in [2.05, 4.69) is 22.3 Å². The smallest absolute Gasteiger partial charge is 0.371 e. The van der Waals surface area contributed by atoms with Crippen molar-refractivity contribution in [1.29, 1.82) is 0 Å². The lowest BCUT2D eigenvalue weighted by atomic mass is 9.97. The third kappa shape index (κ3) is 6.99. The number of carboxylic acids is 1. The van der Waals surface area contributed by atoms with Gasteiger partial charge in [0.25, 0.3) is 0 Å². The van der Waals surface area contributed by atoms with E-state index in [1.807, 2.05) is 19.1 Å². The number of benzene rings is 1. The van der Waals surface area contributed by atoms with Gasteiger partial charge in [-0.1, -0.05) is 23.7 Å². The predicted molar refractivity (Wildman–Crippen MR) is 100 cm³/mol. The van der Waals surface area contributed by atoms with Gasteiger partial charge in [0.15, 0.2) is 0 Å². The number of alkyl halides is 2. The van der Waals surface area contributed by atoms with Gasteiger partial charge in [0.1, 0.15) is 0 Å². The zero-order chi connectivity index (χ0) is 20.0. The molecule has 2 aliphatic rings. The number of halogens is 3. The van der Waals surface area contributed by atoms with Crippen molar-refractivity contribution >= 4 is 17.6 Å². The second-order valence-corrected chi connectivity index (χ2v) is 7.91. The highest BCUT2D eigenvalue weighted by Crippen LogP contribution is 2.33. The van der Waals surface area contributed by atoms with Gasteiger partial charge < -0.3 is 15.5 Å². The van der Waals surface area contributed by atoms with Gasteiger partial charge in [-0.2, -0.15) is 8.78 Å². The summed E-state index contributed by atoms with van der Waals surface area (Å²) in [5.41, 5.74) is 0.753. The summed E-state index contributed by atoms with van der Waals surface area (Å²) < 4.78 is 21.1. The summed E-state index contributed by atoms with van der Waals surface area (Å²) in [6.45, 7) is 4.97. The fourth-order valence-electron chi connectivity index (χ4n) is 3.86.